The third-order valence-corrected chi connectivity index (χ3v) is 5.01. The van der Waals surface area contributed by atoms with E-state index in [2.05, 4.69) is 10.2 Å². The standard InChI is InChI=1S/C22H23F3N2O4/c1-3-30-20(28)7-8-21(29)31-19-10-13(2)9-18-16(19)12-17(26-27-18)14-5-4-6-15(11-14)22(23,24)25/h4-6,11-13,19H,3,7-10H2,1-2H3. The van der Waals surface area contributed by atoms with E-state index in [1.165, 1.54) is 12.1 Å². The van der Waals surface area contributed by atoms with Crippen LogP contribution in [0.25, 0.3) is 11.3 Å². The van der Waals surface area contributed by atoms with Crippen molar-refractivity contribution in [3.8, 4) is 11.3 Å². The van der Waals surface area contributed by atoms with Crippen LogP contribution in [0, 0.1) is 5.92 Å². The number of carbonyl (C=O) groups excluding carboxylic acids is 2. The summed E-state index contributed by atoms with van der Waals surface area (Å²) in [7, 11) is 0. The van der Waals surface area contributed by atoms with Gasteiger partial charge in [0.05, 0.1) is 36.4 Å². The van der Waals surface area contributed by atoms with Crippen LogP contribution in [0.15, 0.2) is 30.3 Å². The number of alkyl halides is 3. The molecule has 0 amide bonds. The topological polar surface area (TPSA) is 78.4 Å². The molecule has 0 aliphatic heterocycles. The van der Waals surface area contributed by atoms with E-state index in [0.717, 1.165) is 12.1 Å². The van der Waals surface area contributed by atoms with Gasteiger partial charge in [0.15, 0.2) is 0 Å². The zero-order valence-electron chi connectivity index (χ0n) is 17.2. The van der Waals surface area contributed by atoms with Crippen molar-refractivity contribution in [1.29, 1.82) is 0 Å². The predicted molar refractivity (Wildman–Crippen MR) is 105 cm³/mol. The molecular formula is C22H23F3N2O4. The minimum atomic E-state index is -4.47. The van der Waals surface area contributed by atoms with Gasteiger partial charge in [-0.25, -0.2) is 0 Å². The Kier molecular flexibility index (Phi) is 6.92. The second-order valence-corrected chi connectivity index (χ2v) is 7.54. The summed E-state index contributed by atoms with van der Waals surface area (Å²) in [5.41, 5.74) is 1.05. The number of esters is 2. The molecule has 0 N–H and O–H groups in total. The summed E-state index contributed by atoms with van der Waals surface area (Å²) in [5, 5.41) is 8.29. The van der Waals surface area contributed by atoms with Gasteiger partial charge in [-0.15, -0.1) is 0 Å². The van der Waals surface area contributed by atoms with Crippen molar-refractivity contribution in [3.63, 3.8) is 0 Å². The molecule has 0 spiro atoms. The van der Waals surface area contributed by atoms with E-state index in [1.54, 1.807) is 13.0 Å². The van der Waals surface area contributed by atoms with Gasteiger partial charge in [-0.05, 0) is 43.9 Å². The zero-order chi connectivity index (χ0) is 22.6. The number of halogens is 3. The average molecular weight is 436 g/mol. The van der Waals surface area contributed by atoms with E-state index >= 15 is 0 Å². The van der Waals surface area contributed by atoms with E-state index in [0.29, 0.717) is 24.1 Å². The number of ether oxygens (including phenoxy) is 2. The van der Waals surface area contributed by atoms with Crippen molar-refractivity contribution in [2.24, 2.45) is 5.92 Å². The second-order valence-electron chi connectivity index (χ2n) is 7.54. The van der Waals surface area contributed by atoms with Crippen LogP contribution >= 0.6 is 0 Å². The smallest absolute Gasteiger partial charge is 0.416 e. The van der Waals surface area contributed by atoms with Crippen LogP contribution in [-0.4, -0.2) is 28.7 Å². The molecule has 0 bridgehead atoms. The van der Waals surface area contributed by atoms with Gasteiger partial charge < -0.3 is 9.47 Å². The van der Waals surface area contributed by atoms with E-state index in [-0.39, 0.29) is 36.6 Å². The summed E-state index contributed by atoms with van der Waals surface area (Å²) in [6.07, 6.45) is -4.09. The lowest BCUT2D eigenvalue weighted by Gasteiger charge is -2.28. The molecule has 0 radical (unpaired) electrons. The lowest BCUT2D eigenvalue weighted by atomic mass is 9.85. The van der Waals surface area contributed by atoms with Crippen molar-refractivity contribution < 1.29 is 32.2 Å². The molecule has 166 valence electrons. The van der Waals surface area contributed by atoms with Crippen LogP contribution in [0.3, 0.4) is 0 Å². The van der Waals surface area contributed by atoms with Crippen molar-refractivity contribution in [2.45, 2.75) is 51.8 Å². The predicted octanol–water partition coefficient (Wildman–Crippen LogP) is 4.67. The molecule has 1 aliphatic carbocycles. The monoisotopic (exact) mass is 436 g/mol. The van der Waals surface area contributed by atoms with Crippen molar-refractivity contribution in [1.82, 2.24) is 10.2 Å². The molecule has 0 saturated heterocycles. The summed E-state index contributed by atoms with van der Waals surface area (Å²) >= 11 is 0. The normalized spacial score (nSPS) is 18.2. The van der Waals surface area contributed by atoms with E-state index in [1.807, 2.05) is 6.92 Å². The number of nitrogens with zero attached hydrogens (tertiary/aromatic N) is 2. The van der Waals surface area contributed by atoms with Crippen molar-refractivity contribution in [3.05, 3.63) is 47.2 Å². The summed E-state index contributed by atoms with van der Waals surface area (Å²) < 4.78 is 49.6. The summed E-state index contributed by atoms with van der Waals surface area (Å²) in [4.78, 5) is 23.7. The molecular weight excluding hydrogens is 413 g/mol. The first kappa shape index (κ1) is 22.7. The summed E-state index contributed by atoms with van der Waals surface area (Å²) in [6.45, 7) is 3.91. The zero-order valence-corrected chi connectivity index (χ0v) is 17.2. The van der Waals surface area contributed by atoms with Crippen molar-refractivity contribution in [2.75, 3.05) is 6.61 Å². The highest BCUT2D eigenvalue weighted by molar-refractivity contribution is 5.77. The molecule has 2 aromatic rings. The molecule has 0 fully saturated rings. The second kappa shape index (κ2) is 9.45. The molecule has 6 nitrogen and oxygen atoms in total. The number of hydrogen-bond donors (Lipinski definition) is 0. The Bertz CT molecular complexity index is 962. The lowest BCUT2D eigenvalue weighted by molar-refractivity contribution is -0.154. The molecule has 1 aromatic heterocycles. The van der Waals surface area contributed by atoms with Gasteiger partial charge in [0.25, 0.3) is 0 Å². The van der Waals surface area contributed by atoms with Crippen molar-refractivity contribution >= 4 is 11.9 Å². The summed E-state index contributed by atoms with van der Waals surface area (Å²) in [6, 6.07) is 6.48. The number of rotatable bonds is 6. The Hall–Kier alpha value is -2.97. The Balaban J connectivity index is 1.82. The fourth-order valence-electron chi connectivity index (χ4n) is 3.54. The number of benzene rings is 1. The Morgan fingerprint density at radius 2 is 1.87 bits per heavy atom. The van der Waals surface area contributed by atoms with E-state index in [4.69, 9.17) is 9.47 Å². The highest BCUT2D eigenvalue weighted by atomic mass is 19.4. The Morgan fingerprint density at radius 1 is 1.13 bits per heavy atom. The first-order valence-electron chi connectivity index (χ1n) is 10.1. The van der Waals surface area contributed by atoms with E-state index < -0.39 is 29.8 Å². The van der Waals surface area contributed by atoms with Gasteiger partial charge in [-0.1, -0.05) is 19.1 Å². The fraction of sp³-hybridized carbons (Fsp3) is 0.455. The lowest BCUT2D eigenvalue weighted by Crippen LogP contribution is -2.23. The molecule has 0 saturated carbocycles. The number of carbonyl (C=O) groups is 2. The minimum absolute atomic E-state index is 0.0775. The quantitative estimate of drug-likeness (QED) is 0.613. The highest BCUT2D eigenvalue weighted by Crippen LogP contribution is 2.37. The van der Waals surface area contributed by atoms with Gasteiger partial charge in [-0.3, -0.25) is 9.59 Å². The molecule has 31 heavy (non-hydrogen) atoms. The first-order chi connectivity index (χ1) is 14.7. The van der Waals surface area contributed by atoms with Gasteiger partial charge in [-0.2, -0.15) is 23.4 Å². The fourth-order valence-corrected chi connectivity index (χ4v) is 3.54. The maximum Gasteiger partial charge on any atom is 0.416 e. The van der Waals surface area contributed by atoms with Crippen LogP contribution in [0.4, 0.5) is 13.2 Å². The van der Waals surface area contributed by atoms with Crippen LogP contribution in [0.5, 0.6) is 0 Å². The van der Waals surface area contributed by atoms with Gasteiger partial charge in [0.2, 0.25) is 0 Å². The van der Waals surface area contributed by atoms with Gasteiger partial charge in [0.1, 0.15) is 6.10 Å². The van der Waals surface area contributed by atoms with Gasteiger partial charge >= 0.3 is 18.1 Å². The van der Waals surface area contributed by atoms with Crippen LogP contribution in [0.2, 0.25) is 0 Å². The largest absolute Gasteiger partial charge is 0.466 e. The summed E-state index contributed by atoms with van der Waals surface area (Å²) in [5.74, 6) is -0.839. The van der Waals surface area contributed by atoms with E-state index in [9.17, 15) is 22.8 Å². The third kappa shape index (κ3) is 5.80. The number of fused-ring (bicyclic) bond motifs is 1. The SMILES string of the molecule is CCOC(=O)CCC(=O)OC1CC(C)Cc2nnc(-c3cccc(C(F)(F)F)c3)cc21. The van der Waals surface area contributed by atoms with Crippen LogP contribution in [-0.2, 0) is 31.7 Å². The molecule has 3 rings (SSSR count). The molecule has 1 aliphatic rings. The number of hydrogen-bond acceptors (Lipinski definition) is 6. The number of aromatic nitrogens is 2. The van der Waals surface area contributed by atoms with Crippen LogP contribution in [0.1, 0.15) is 56.0 Å². The Labute approximate surface area is 177 Å². The molecule has 9 heteroatoms. The molecule has 1 heterocycles. The maximum absolute atomic E-state index is 13.1. The average Bonchev–Trinajstić information content (AvgIpc) is 2.71. The molecule has 2 unspecified atom stereocenters. The minimum Gasteiger partial charge on any atom is -0.466 e. The first-order valence-corrected chi connectivity index (χ1v) is 10.1. The maximum atomic E-state index is 13.1. The molecule has 2 atom stereocenters. The highest BCUT2D eigenvalue weighted by Gasteiger charge is 2.32. The molecule has 1 aromatic carbocycles. The Morgan fingerprint density at radius 3 is 2.58 bits per heavy atom. The van der Waals surface area contributed by atoms with Crippen LogP contribution < -0.4 is 0 Å². The van der Waals surface area contributed by atoms with Gasteiger partial charge in [0, 0.05) is 11.1 Å². The third-order valence-electron chi connectivity index (χ3n) is 5.01.